The van der Waals surface area contributed by atoms with Crippen LogP contribution in [0.4, 0.5) is 5.69 Å². The molecule has 1 fully saturated rings. The molecule has 1 saturated carbocycles. The van der Waals surface area contributed by atoms with Crippen LogP contribution in [0.1, 0.15) is 43.2 Å². The van der Waals surface area contributed by atoms with Crippen LogP contribution in [0.3, 0.4) is 0 Å². The number of halogens is 1. The minimum atomic E-state index is 0.0335. The molecule has 3 aromatic rings. The van der Waals surface area contributed by atoms with E-state index in [1.807, 2.05) is 48.5 Å². The van der Waals surface area contributed by atoms with Crippen molar-refractivity contribution in [3.63, 3.8) is 0 Å². The molecule has 4 heteroatoms. The van der Waals surface area contributed by atoms with E-state index in [0.29, 0.717) is 12.5 Å². The molecule has 0 aromatic heterocycles. The zero-order valence-corrected chi connectivity index (χ0v) is 18.5. The highest BCUT2D eigenvalue weighted by Crippen LogP contribution is 2.23. The van der Waals surface area contributed by atoms with E-state index >= 15 is 0 Å². The zero-order valence-electron chi connectivity index (χ0n) is 17.7. The molecule has 0 spiro atoms. The van der Waals surface area contributed by atoms with Gasteiger partial charge in [-0.25, -0.2) is 0 Å². The Morgan fingerprint density at radius 3 is 2.03 bits per heavy atom. The summed E-state index contributed by atoms with van der Waals surface area (Å²) in [5.41, 5.74) is 5.51. The Hall–Kier alpha value is -2.62. The van der Waals surface area contributed by atoms with Gasteiger partial charge >= 0.3 is 0 Å². The molecule has 0 saturated heterocycles. The van der Waals surface area contributed by atoms with Crippen LogP contribution in [0.2, 0.25) is 5.02 Å². The molecular weight excluding hydrogens is 404 g/mol. The first-order valence-electron chi connectivity index (χ1n) is 11.1. The van der Waals surface area contributed by atoms with Crippen molar-refractivity contribution in [1.82, 2.24) is 5.32 Å². The molecular formula is C27H29ClN2O. The lowest BCUT2D eigenvalue weighted by Crippen LogP contribution is -2.25. The first-order chi connectivity index (χ1) is 15.2. The Morgan fingerprint density at radius 1 is 0.806 bits per heavy atom. The zero-order chi connectivity index (χ0) is 21.5. The van der Waals surface area contributed by atoms with Crippen molar-refractivity contribution in [3.05, 3.63) is 88.9 Å². The van der Waals surface area contributed by atoms with Crippen molar-refractivity contribution in [3.8, 4) is 11.1 Å². The van der Waals surface area contributed by atoms with E-state index < -0.39 is 0 Å². The van der Waals surface area contributed by atoms with Crippen molar-refractivity contribution in [1.29, 1.82) is 0 Å². The number of carbonyl (C=O) groups is 1. The Kier molecular flexibility index (Phi) is 7.39. The quantitative estimate of drug-likeness (QED) is 0.420. The summed E-state index contributed by atoms with van der Waals surface area (Å²) in [5, 5.41) is 7.36. The van der Waals surface area contributed by atoms with Crippen molar-refractivity contribution >= 4 is 23.2 Å². The molecule has 2 N–H and O–H groups in total. The van der Waals surface area contributed by atoms with E-state index in [0.717, 1.165) is 34.8 Å². The average Bonchev–Trinajstić information content (AvgIpc) is 3.32. The first kappa shape index (κ1) is 21.6. The van der Waals surface area contributed by atoms with Crippen LogP contribution in [0.5, 0.6) is 0 Å². The standard InChI is InChI=1S/C27H29ClN2O/c28-24-14-10-22(11-15-24)23-12-16-26(17-13-23)30-27(31)18-9-20-5-7-21(8-6-20)19-29-25-3-1-2-4-25/h5-8,10-17,25,29H,1-4,9,18-19H2,(H,30,31). The molecule has 0 atom stereocenters. The predicted octanol–water partition coefficient (Wildman–Crippen LogP) is 6.61. The maximum Gasteiger partial charge on any atom is 0.224 e. The number of benzene rings is 3. The molecule has 3 nitrogen and oxygen atoms in total. The molecule has 31 heavy (non-hydrogen) atoms. The van der Waals surface area contributed by atoms with E-state index in [1.165, 1.54) is 36.8 Å². The van der Waals surface area contributed by atoms with Gasteiger partial charge in [0.25, 0.3) is 0 Å². The topological polar surface area (TPSA) is 41.1 Å². The summed E-state index contributed by atoms with van der Waals surface area (Å²) in [4.78, 5) is 12.4. The fourth-order valence-electron chi connectivity index (χ4n) is 4.09. The monoisotopic (exact) mass is 432 g/mol. The molecule has 0 aliphatic heterocycles. The molecule has 1 aliphatic carbocycles. The molecule has 0 bridgehead atoms. The van der Waals surface area contributed by atoms with E-state index in [-0.39, 0.29) is 5.91 Å². The molecule has 0 radical (unpaired) electrons. The number of anilines is 1. The largest absolute Gasteiger partial charge is 0.326 e. The number of hydrogen-bond acceptors (Lipinski definition) is 2. The van der Waals surface area contributed by atoms with Crippen molar-refractivity contribution in [2.75, 3.05) is 5.32 Å². The van der Waals surface area contributed by atoms with Crippen LogP contribution in [0.15, 0.2) is 72.8 Å². The Balaban J connectivity index is 1.22. The SMILES string of the molecule is O=C(CCc1ccc(CNC2CCCC2)cc1)Nc1ccc(-c2ccc(Cl)cc2)cc1. The normalized spacial score (nSPS) is 14.0. The van der Waals surface area contributed by atoms with Gasteiger partial charge in [0, 0.05) is 29.7 Å². The van der Waals surface area contributed by atoms with Gasteiger partial charge in [0.15, 0.2) is 0 Å². The molecule has 4 rings (SSSR count). The number of hydrogen-bond donors (Lipinski definition) is 2. The minimum Gasteiger partial charge on any atom is -0.326 e. The van der Waals surface area contributed by atoms with Crippen LogP contribution in [0.25, 0.3) is 11.1 Å². The fraction of sp³-hybridized carbons (Fsp3) is 0.296. The van der Waals surface area contributed by atoms with Gasteiger partial charge in [0.2, 0.25) is 5.91 Å². The van der Waals surface area contributed by atoms with Gasteiger partial charge in [-0.2, -0.15) is 0 Å². The smallest absolute Gasteiger partial charge is 0.224 e. The van der Waals surface area contributed by atoms with Gasteiger partial charge in [0.1, 0.15) is 0 Å². The van der Waals surface area contributed by atoms with E-state index in [1.54, 1.807) is 0 Å². The summed E-state index contributed by atoms with van der Waals surface area (Å²) in [5.74, 6) is 0.0335. The van der Waals surface area contributed by atoms with E-state index in [4.69, 9.17) is 11.6 Å². The third-order valence-corrected chi connectivity index (χ3v) is 6.21. The summed E-state index contributed by atoms with van der Waals surface area (Å²) in [6, 6.07) is 24.9. The lowest BCUT2D eigenvalue weighted by atomic mass is 10.1. The molecule has 0 unspecified atom stereocenters. The summed E-state index contributed by atoms with van der Waals surface area (Å²) in [7, 11) is 0. The van der Waals surface area contributed by atoms with Crippen LogP contribution in [-0.4, -0.2) is 11.9 Å². The summed E-state index contributed by atoms with van der Waals surface area (Å²) < 4.78 is 0. The lowest BCUT2D eigenvalue weighted by Gasteiger charge is -2.12. The highest BCUT2D eigenvalue weighted by atomic mass is 35.5. The molecule has 0 heterocycles. The molecule has 1 amide bonds. The fourth-order valence-corrected chi connectivity index (χ4v) is 4.21. The number of aryl methyl sites for hydroxylation is 1. The summed E-state index contributed by atoms with van der Waals surface area (Å²) in [6.07, 6.45) is 6.52. The number of rotatable bonds is 8. The second kappa shape index (κ2) is 10.6. The Labute approximate surface area is 189 Å². The predicted molar refractivity (Wildman–Crippen MR) is 129 cm³/mol. The maximum atomic E-state index is 12.4. The van der Waals surface area contributed by atoms with Crippen LogP contribution >= 0.6 is 11.6 Å². The molecule has 3 aromatic carbocycles. The summed E-state index contributed by atoms with van der Waals surface area (Å²) >= 11 is 5.95. The second-order valence-corrected chi connectivity index (χ2v) is 8.75. The number of amides is 1. The molecule has 1 aliphatic rings. The van der Waals surface area contributed by atoms with Crippen molar-refractivity contribution in [2.24, 2.45) is 0 Å². The van der Waals surface area contributed by atoms with Crippen LogP contribution < -0.4 is 10.6 Å². The first-order valence-corrected chi connectivity index (χ1v) is 11.5. The Morgan fingerprint density at radius 2 is 1.39 bits per heavy atom. The maximum absolute atomic E-state index is 12.4. The second-order valence-electron chi connectivity index (χ2n) is 8.31. The number of carbonyl (C=O) groups excluding carboxylic acids is 1. The van der Waals surface area contributed by atoms with Gasteiger partial charge in [0.05, 0.1) is 0 Å². The van der Waals surface area contributed by atoms with Gasteiger partial charge < -0.3 is 10.6 Å². The van der Waals surface area contributed by atoms with E-state index in [2.05, 4.69) is 34.9 Å². The van der Waals surface area contributed by atoms with Crippen molar-refractivity contribution < 1.29 is 4.79 Å². The Bertz CT molecular complexity index is 975. The summed E-state index contributed by atoms with van der Waals surface area (Å²) in [6.45, 7) is 0.928. The van der Waals surface area contributed by atoms with Crippen LogP contribution in [0, 0.1) is 0 Å². The molecule has 160 valence electrons. The van der Waals surface area contributed by atoms with Crippen molar-refractivity contribution in [2.45, 2.75) is 51.1 Å². The van der Waals surface area contributed by atoms with Gasteiger partial charge in [-0.3, -0.25) is 4.79 Å². The number of nitrogens with one attached hydrogen (secondary N) is 2. The highest BCUT2D eigenvalue weighted by molar-refractivity contribution is 6.30. The lowest BCUT2D eigenvalue weighted by molar-refractivity contribution is -0.116. The van der Waals surface area contributed by atoms with E-state index in [9.17, 15) is 4.79 Å². The highest BCUT2D eigenvalue weighted by Gasteiger charge is 2.13. The third kappa shape index (κ3) is 6.43. The average molecular weight is 433 g/mol. The van der Waals surface area contributed by atoms with Gasteiger partial charge in [-0.1, -0.05) is 73.0 Å². The minimum absolute atomic E-state index is 0.0335. The van der Waals surface area contributed by atoms with Gasteiger partial charge in [-0.05, 0) is 65.8 Å². The van der Waals surface area contributed by atoms with Crippen LogP contribution in [-0.2, 0) is 17.8 Å². The third-order valence-electron chi connectivity index (χ3n) is 5.96. The van der Waals surface area contributed by atoms with Gasteiger partial charge in [-0.15, -0.1) is 0 Å².